The fourth-order valence-corrected chi connectivity index (χ4v) is 1.88. The molecule has 2 N–H and O–H groups in total. The molecule has 0 saturated heterocycles. The molecule has 0 aliphatic rings. The average molecular weight is 291 g/mol. The zero-order chi connectivity index (χ0) is 15.7. The van der Waals surface area contributed by atoms with E-state index in [9.17, 15) is 4.79 Å². The van der Waals surface area contributed by atoms with Crippen molar-refractivity contribution in [3.8, 4) is 11.8 Å². The van der Waals surface area contributed by atoms with Crippen LogP contribution in [0.15, 0.2) is 18.2 Å². The average Bonchev–Trinajstić information content (AvgIpc) is 2.50. The Kier molecular flexibility index (Phi) is 7.48. The van der Waals surface area contributed by atoms with Crippen LogP contribution in [0.3, 0.4) is 0 Å². The lowest BCUT2D eigenvalue weighted by molar-refractivity contribution is 0.0655. The van der Waals surface area contributed by atoms with Gasteiger partial charge in [0.05, 0.1) is 13.2 Å². The normalized spacial score (nSPS) is 9.90. The van der Waals surface area contributed by atoms with Gasteiger partial charge in [0, 0.05) is 31.3 Å². The Hall–Kier alpha value is -1.87. The molecule has 21 heavy (non-hydrogen) atoms. The number of rotatable bonds is 6. The van der Waals surface area contributed by atoms with E-state index in [0.29, 0.717) is 24.3 Å². The van der Waals surface area contributed by atoms with Crippen molar-refractivity contribution in [2.45, 2.75) is 6.92 Å². The molecule has 5 heteroatoms. The quantitative estimate of drug-likeness (QED) is 0.745. The van der Waals surface area contributed by atoms with E-state index in [0.717, 1.165) is 5.56 Å². The topological polar surface area (TPSA) is 70.0 Å². The predicted octanol–water partition coefficient (Wildman–Crippen LogP) is 0.420. The fourth-order valence-electron chi connectivity index (χ4n) is 1.88. The number of ether oxygens (including phenoxy) is 1. The summed E-state index contributed by atoms with van der Waals surface area (Å²) in [5, 5.41) is 17.8. The van der Waals surface area contributed by atoms with Gasteiger partial charge in [-0.25, -0.2) is 0 Å². The minimum Gasteiger partial charge on any atom is -0.395 e. The van der Waals surface area contributed by atoms with Gasteiger partial charge in [-0.05, 0) is 24.6 Å². The first-order valence-electron chi connectivity index (χ1n) is 6.73. The number of methoxy groups -OCH3 is 1. The molecule has 1 aromatic rings. The lowest BCUT2D eigenvalue weighted by Gasteiger charge is -2.22. The molecule has 1 rings (SSSR count). The highest BCUT2D eigenvalue weighted by atomic mass is 16.5. The second-order valence-corrected chi connectivity index (χ2v) is 4.50. The molecule has 5 nitrogen and oxygen atoms in total. The van der Waals surface area contributed by atoms with E-state index in [1.54, 1.807) is 24.1 Å². The Morgan fingerprint density at radius 1 is 1.33 bits per heavy atom. The van der Waals surface area contributed by atoms with E-state index in [4.69, 9.17) is 14.9 Å². The minimum absolute atomic E-state index is 0.0987. The van der Waals surface area contributed by atoms with Crippen LogP contribution in [0, 0.1) is 18.8 Å². The number of aryl methyl sites for hydroxylation is 1. The number of aliphatic hydroxyl groups is 2. The van der Waals surface area contributed by atoms with Crippen molar-refractivity contribution < 1.29 is 19.7 Å². The third kappa shape index (κ3) is 5.20. The van der Waals surface area contributed by atoms with E-state index in [1.807, 2.05) is 13.0 Å². The molecule has 0 spiro atoms. The highest BCUT2D eigenvalue weighted by Gasteiger charge is 2.17. The third-order valence-corrected chi connectivity index (χ3v) is 3.00. The molecule has 0 aliphatic heterocycles. The van der Waals surface area contributed by atoms with Crippen molar-refractivity contribution in [2.24, 2.45) is 0 Å². The SMILES string of the molecule is COCCN(CCO)C(=O)c1cc(C#CCO)ccc1C. The Bertz CT molecular complexity index is 531. The summed E-state index contributed by atoms with van der Waals surface area (Å²) in [5.74, 6) is 5.18. The van der Waals surface area contributed by atoms with Gasteiger partial charge in [0.1, 0.15) is 6.61 Å². The van der Waals surface area contributed by atoms with Gasteiger partial charge >= 0.3 is 0 Å². The summed E-state index contributed by atoms with van der Waals surface area (Å²) in [6.45, 7) is 2.62. The maximum atomic E-state index is 12.5. The fraction of sp³-hybridized carbons (Fsp3) is 0.438. The first-order chi connectivity index (χ1) is 10.1. The van der Waals surface area contributed by atoms with Crippen LogP contribution in [-0.2, 0) is 4.74 Å². The van der Waals surface area contributed by atoms with E-state index >= 15 is 0 Å². The summed E-state index contributed by atoms with van der Waals surface area (Å²) >= 11 is 0. The lowest BCUT2D eigenvalue weighted by atomic mass is 10.0. The van der Waals surface area contributed by atoms with Gasteiger partial charge in [-0.2, -0.15) is 0 Å². The summed E-state index contributed by atoms with van der Waals surface area (Å²) in [4.78, 5) is 14.1. The molecule has 0 fully saturated rings. The summed E-state index contributed by atoms with van der Waals surface area (Å²) in [6.07, 6.45) is 0. The summed E-state index contributed by atoms with van der Waals surface area (Å²) < 4.78 is 4.99. The molecule has 0 aromatic heterocycles. The Morgan fingerprint density at radius 2 is 2.10 bits per heavy atom. The van der Waals surface area contributed by atoms with E-state index < -0.39 is 0 Å². The molecule has 0 unspecified atom stereocenters. The number of amides is 1. The van der Waals surface area contributed by atoms with Crippen LogP contribution in [0.4, 0.5) is 0 Å². The van der Waals surface area contributed by atoms with Crippen LogP contribution in [0.5, 0.6) is 0 Å². The second kappa shape index (κ2) is 9.14. The monoisotopic (exact) mass is 291 g/mol. The van der Waals surface area contributed by atoms with Crippen LogP contribution < -0.4 is 0 Å². The maximum absolute atomic E-state index is 12.5. The van der Waals surface area contributed by atoms with E-state index in [-0.39, 0.29) is 25.7 Å². The van der Waals surface area contributed by atoms with Gasteiger partial charge < -0.3 is 19.8 Å². The van der Waals surface area contributed by atoms with Gasteiger partial charge in [0.2, 0.25) is 0 Å². The first kappa shape index (κ1) is 17.2. The Labute approximate surface area is 125 Å². The molecule has 0 bridgehead atoms. The molecule has 0 heterocycles. The van der Waals surface area contributed by atoms with Gasteiger partial charge in [-0.1, -0.05) is 17.9 Å². The highest BCUT2D eigenvalue weighted by molar-refractivity contribution is 5.96. The van der Waals surface area contributed by atoms with Crippen LogP contribution in [-0.4, -0.2) is 61.0 Å². The lowest BCUT2D eigenvalue weighted by Crippen LogP contribution is -2.36. The van der Waals surface area contributed by atoms with Crippen LogP contribution in [0.2, 0.25) is 0 Å². The van der Waals surface area contributed by atoms with Gasteiger partial charge in [0.25, 0.3) is 5.91 Å². The zero-order valence-electron chi connectivity index (χ0n) is 12.4. The molecule has 1 amide bonds. The number of carbonyl (C=O) groups excluding carboxylic acids is 1. The maximum Gasteiger partial charge on any atom is 0.254 e. The van der Waals surface area contributed by atoms with Crippen LogP contribution >= 0.6 is 0 Å². The number of nitrogens with zero attached hydrogens (tertiary/aromatic N) is 1. The first-order valence-corrected chi connectivity index (χ1v) is 6.73. The molecule has 0 atom stereocenters. The number of aliphatic hydroxyl groups excluding tert-OH is 2. The van der Waals surface area contributed by atoms with E-state index in [1.165, 1.54) is 0 Å². The molecule has 0 saturated carbocycles. The molecular weight excluding hydrogens is 270 g/mol. The Morgan fingerprint density at radius 3 is 2.71 bits per heavy atom. The Balaban J connectivity index is 3.02. The van der Waals surface area contributed by atoms with Gasteiger partial charge in [-0.15, -0.1) is 0 Å². The predicted molar refractivity (Wildman–Crippen MR) is 80.0 cm³/mol. The number of hydrogen-bond donors (Lipinski definition) is 2. The highest BCUT2D eigenvalue weighted by Crippen LogP contribution is 2.13. The number of hydrogen-bond acceptors (Lipinski definition) is 4. The summed E-state index contributed by atoms with van der Waals surface area (Å²) in [7, 11) is 1.57. The van der Waals surface area contributed by atoms with Crippen molar-refractivity contribution in [3.05, 3.63) is 34.9 Å². The zero-order valence-corrected chi connectivity index (χ0v) is 12.4. The number of benzene rings is 1. The van der Waals surface area contributed by atoms with Crippen LogP contribution in [0.1, 0.15) is 21.5 Å². The van der Waals surface area contributed by atoms with Gasteiger partial charge in [0.15, 0.2) is 0 Å². The van der Waals surface area contributed by atoms with Crippen molar-refractivity contribution in [1.29, 1.82) is 0 Å². The van der Waals surface area contributed by atoms with Gasteiger partial charge in [-0.3, -0.25) is 4.79 Å². The smallest absolute Gasteiger partial charge is 0.254 e. The molecule has 1 aromatic carbocycles. The second-order valence-electron chi connectivity index (χ2n) is 4.50. The van der Waals surface area contributed by atoms with Crippen molar-refractivity contribution in [3.63, 3.8) is 0 Å². The summed E-state index contributed by atoms with van der Waals surface area (Å²) in [5.41, 5.74) is 2.06. The summed E-state index contributed by atoms with van der Waals surface area (Å²) in [6, 6.07) is 5.33. The third-order valence-electron chi connectivity index (χ3n) is 3.00. The minimum atomic E-state index is -0.221. The van der Waals surface area contributed by atoms with Crippen molar-refractivity contribution in [1.82, 2.24) is 4.90 Å². The number of carbonyl (C=O) groups is 1. The van der Waals surface area contributed by atoms with Crippen molar-refractivity contribution >= 4 is 5.91 Å². The molecule has 0 radical (unpaired) electrons. The van der Waals surface area contributed by atoms with Crippen molar-refractivity contribution in [2.75, 3.05) is 40.0 Å². The van der Waals surface area contributed by atoms with Crippen LogP contribution in [0.25, 0.3) is 0 Å². The molecule has 114 valence electrons. The molecule has 0 aliphatic carbocycles. The largest absolute Gasteiger partial charge is 0.395 e. The standard InChI is InChI=1S/C16H21NO4/c1-13-5-6-14(4-3-9-18)12-15(13)16(20)17(7-10-19)8-11-21-2/h5-6,12,18-19H,7-11H2,1-2H3. The van der Waals surface area contributed by atoms with E-state index in [2.05, 4.69) is 11.8 Å². The molecular formula is C16H21NO4.